The number of aryl methyl sites for hydroxylation is 2. The average molecular weight is 275 g/mol. The molecular formula is C18H17N3. The van der Waals surface area contributed by atoms with Crippen LogP contribution in [0.5, 0.6) is 0 Å². The lowest BCUT2D eigenvalue weighted by Crippen LogP contribution is -1.96. The predicted octanol–water partition coefficient (Wildman–Crippen LogP) is 4.05. The van der Waals surface area contributed by atoms with Crippen molar-refractivity contribution < 1.29 is 0 Å². The van der Waals surface area contributed by atoms with Crippen molar-refractivity contribution in [3.8, 4) is 0 Å². The summed E-state index contributed by atoms with van der Waals surface area (Å²) in [5, 5.41) is 4.30. The summed E-state index contributed by atoms with van der Waals surface area (Å²) in [5.41, 5.74) is 7.18. The van der Waals surface area contributed by atoms with Crippen molar-refractivity contribution in [3.05, 3.63) is 77.9 Å². The summed E-state index contributed by atoms with van der Waals surface area (Å²) >= 11 is 0. The van der Waals surface area contributed by atoms with Crippen LogP contribution in [-0.4, -0.2) is 14.6 Å². The Morgan fingerprint density at radius 1 is 1.24 bits per heavy atom. The molecule has 0 unspecified atom stereocenters. The highest BCUT2D eigenvalue weighted by atomic mass is 15.2. The van der Waals surface area contributed by atoms with E-state index in [2.05, 4.69) is 35.4 Å². The van der Waals surface area contributed by atoms with Crippen molar-refractivity contribution >= 4 is 17.2 Å². The molecule has 0 spiro atoms. The van der Waals surface area contributed by atoms with Crippen molar-refractivity contribution in [3.63, 3.8) is 0 Å². The maximum atomic E-state index is 4.51. The van der Waals surface area contributed by atoms with Gasteiger partial charge >= 0.3 is 0 Å². The molecule has 0 amide bonds. The Hall–Kier alpha value is -2.68. The van der Waals surface area contributed by atoms with Gasteiger partial charge in [-0.1, -0.05) is 25.3 Å². The summed E-state index contributed by atoms with van der Waals surface area (Å²) in [7, 11) is 0. The summed E-state index contributed by atoms with van der Waals surface area (Å²) < 4.78 is 1.84. The predicted molar refractivity (Wildman–Crippen MR) is 87.1 cm³/mol. The highest BCUT2D eigenvalue weighted by molar-refractivity contribution is 5.82. The van der Waals surface area contributed by atoms with Crippen LogP contribution < -0.4 is 0 Å². The maximum absolute atomic E-state index is 4.51. The highest BCUT2D eigenvalue weighted by Crippen LogP contribution is 2.25. The van der Waals surface area contributed by atoms with Gasteiger partial charge in [-0.3, -0.25) is 4.98 Å². The Morgan fingerprint density at radius 3 is 2.76 bits per heavy atom. The molecule has 3 nitrogen and oxygen atoms in total. The Kier molecular flexibility index (Phi) is 3.18. The molecule has 0 aromatic carbocycles. The van der Waals surface area contributed by atoms with E-state index in [4.69, 9.17) is 0 Å². The smallest absolute Gasteiger partial charge is 0.0739 e. The third-order valence-corrected chi connectivity index (χ3v) is 3.67. The summed E-state index contributed by atoms with van der Waals surface area (Å²) in [4.78, 5) is 4.51. The van der Waals surface area contributed by atoms with Gasteiger partial charge in [0, 0.05) is 28.7 Å². The van der Waals surface area contributed by atoms with E-state index in [0.29, 0.717) is 0 Å². The summed E-state index contributed by atoms with van der Waals surface area (Å²) in [6, 6.07) is 8.20. The standard InChI is InChI=1S/C18H17N3/c1-5-15-11-19-21-9-8-16(10-18(15)21)13(3)17-7-6-12(2)20-14(17)4/h5-11H,1,3H2,2,4H3. The first kappa shape index (κ1) is 13.3. The molecule has 21 heavy (non-hydrogen) atoms. The summed E-state index contributed by atoms with van der Waals surface area (Å²) in [6.45, 7) is 12.1. The van der Waals surface area contributed by atoms with Gasteiger partial charge in [0.05, 0.1) is 11.7 Å². The molecule has 0 bridgehead atoms. The van der Waals surface area contributed by atoms with Crippen LogP contribution in [-0.2, 0) is 0 Å². The first-order valence-corrected chi connectivity index (χ1v) is 6.84. The third-order valence-electron chi connectivity index (χ3n) is 3.67. The molecule has 0 aliphatic carbocycles. The second kappa shape index (κ2) is 5.02. The molecule has 0 saturated heterocycles. The zero-order valence-electron chi connectivity index (χ0n) is 12.3. The van der Waals surface area contributed by atoms with Crippen LogP contribution in [0.15, 0.2) is 49.8 Å². The molecular weight excluding hydrogens is 258 g/mol. The number of hydrogen-bond acceptors (Lipinski definition) is 2. The van der Waals surface area contributed by atoms with Crippen molar-refractivity contribution in [2.75, 3.05) is 0 Å². The quantitative estimate of drug-likeness (QED) is 0.722. The number of hydrogen-bond donors (Lipinski definition) is 0. The molecule has 0 atom stereocenters. The number of nitrogens with zero attached hydrogens (tertiary/aromatic N) is 3. The average Bonchev–Trinajstić information content (AvgIpc) is 2.88. The van der Waals surface area contributed by atoms with Crippen LogP contribution >= 0.6 is 0 Å². The second-order valence-electron chi connectivity index (χ2n) is 5.11. The van der Waals surface area contributed by atoms with Crippen molar-refractivity contribution in [2.45, 2.75) is 13.8 Å². The first-order chi connectivity index (χ1) is 10.1. The lowest BCUT2D eigenvalue weighted by atomic mass is 9.98. The lowest BCUT2D eigenvalue weighted by molar-refractivity contribution is 0.960. The Morgan fingerprint density at radius 2 is 2.05 bits per heavy atom. The molecule has 0 aliphatic heterocycles. The fourth-order valence-corrected chi connectivity index (χ4v) is 2.51. The molecule has 104 valence electrons. The molecule has 3 aromatic heterocycles. The van der Waals surface area contributed by atoms with Crippen LogP contribution in [0.3, 0.4) is 0 Å². The van der Waals surface area contributed by atoms with Crippen LogP contribution in [0.4, 0.5) is 0 Å². The largest absolute Gasteiger partial charge is 0.258 e. The van der Waals surface area contributed by atoms with Gasteiger partial charge in [-0.15, -0.1) is 0 Å². The topological polar surface area (TPSA) is 30.2 Å². The number of rotatable bonds is 3. The van der Waals surface area contributed by atoms with E-state index < -0.39 is 0 Å². The molecule has 3 heterocycles. The van der Waals surface area contributed by atoms with Gasteiger partial charge in [-0.25, -0.2) is 4.52 Å². The van der Waals surface area contributed by atoms with E-state index in [0.717, 1.165) is 39.2 Å². The van der Waals surface area contributed by atoms with Gasteiger partial charge in [-0.2, -0.15) is 5.10 Å². The van der Waals surface area contributed by atoms with Gasteiger partial charge in [0.25, 0.3) is 0 Å². The zero-order chi connectivity index (χ0) is 15.0. The molecule has 3 rings (SSSR count). The van der Waals surface area contributed by atoms with Crippen molar-refractivity contribution in [1.29, 1.82) is 0 Å². The highest BCUT2D eigenvalue weighted by Gasteiger charge is 2.09. The van der Waals surface area contributed by atoms with Gasteiger partial charge < -0.3 is 0 Å². The fourth-order valence-electron chi connectivity index (χ4n) is 2.51. The number of fused-ring (bicyclic) bond motifs is 1. The normalized spacial score (nSPS) is 10.8. The maximum Gasteiger partial charge on any atom is 0.0739 e. The summed E-state index contributed by atoms with van der Waals surface area (Å²) in [6.07, 6.45) is 5.57. The third kappa shape index (κ3) is 2.27. The summed E-state index contributed by atoms with van der Waals surface area (Å²) in [5.74, 6) is 0. The van der Waals surface area contributed by atoms with Gasteiger partial charge in [0.15, 0.2) is 0 Å². The van der Waals surface area contributed by atoms with E-state index in [1.54, 1.807) is 0 Å². The second-order valence-corrected chi connectivity index (χ2v) is 5.11. The van der Waals surface area contributed by atoms with Crippen LogP contribution in [0.25, 0.3) is 17.2 Å². The van der Waals surface area contributed by atoms with Gasteiger partial charge in [0.1, 0.15) is 0 Å². The minimum Gasteiger partial charge on any atom is -0.258 e. The number of pyridine rings is 2. The molecule has 0 saturated carbocycles. The lowest BCUT2D eigenvalue weighted by Gasteiger charge is -2.10. The Bertz CT molecular complexity index is 856. The minimum absolute atomic E-state index is 0.971. The monoisotopic (exact) mass is 275 g/mol. The molecule has 0 aliphatic rings. The fraction of sp³-hybridized carbons (Fsp3) is 0.111. The van der Waals surface area contributed by atoms with E-state index in [9.17, 15) is 0 Å². The van der Waals surface area contributed by atoms with Gasteiger partial charge in [-0.05, 0) is 43.2 Å². The molecule has 3 aromatic rings. The van der Waals surface area contributed by atoms with E-state index in [1.807, 2.05) is 49.0 Å². The van der Waals surface area contributed by atoms with Crippen molar-refractivity contribution in [1.82, 2.24) is 14.6 Å². The van der Waals surface area contributed by atoms with E-state index in [-0.39, 0.29) is 0 Å². The minimum atomic E-state index is 0.971. The van der Waals surface area contributed by atoms with Crippen molar-refractivity contribution in [2.24, 2.45) is 0 Å². The SMILES string of the molecule is C=Cc1cnn2ccc(C(=C)c3ccc(C)nc3C)cc12. The molecule has 0 radical (unpaired) electrons. The van der Waals surface area contributed by atoms with Crippen LogP contribution in [0.2, 0.25) is 0 Å². The first-order valence-electron chi connectivity index (χ1n) is 6.84. The van der Waals surface area contributed by atoms with E-state index in [1.165, 1.54) is 0 Å². The van der Waals surface area contributed by atoms with Crippen LogP contribution in [0, 0.1) is 13.8 Å². The zero-order valence-corrected chi connectivity index (χ0v) is 12.3. The molecule has 0 N–H and O–H groups in total. The Labute approximate surface area is 124 Å². The van der Waals surface area contributed by atoms with E-state index >= 15 is 0 Å². The van der Waals surface area contributed by atoms with Gasteiger partial charge in [0.2, 0.25) is 0 Å². The molecule has 3 heteroatoms. The van der Waals surface area contributed by atoms with Crippen LogP contribution in [0.1, 0.15) is 28.1 Å². The number of aromatic nitrogens is 3. The Balaban J connectivity index is 2.10. The molecule has 0 fully saturated rings.